The minimum Gasteiger partial charge on any atom is -0.480 e. The molecule has 3 amide bonds. The fraction of sp³-hybridized carbons (Fsp3) is 0.355. The topological polar surface area (TPSA) is 182 Å². The number of amides is 3. The number of carboxylic acids is 1. The number of hydrogen-bond acceptors (Lipinski definition) is 5. The van der Waals surface area contributed by atoms with Gasteiger partial charge in [0.1, 0.15) is 18.1 Å². The Balaban J connectivity index is 1.59. The van der Waals surface area contributed by atoms with Crippen molar-refractivity contribution in [2.45, 2.75) is 64.2 Å². The van der Waals surface area contributed by atoms with Crippen LogP contribution in [0.1, 0.15) is 38.3 Å². The van der Waals surface area contributed by atoms with Gasteiger partial charge in [-0.05, 0) is 42.5 Å². The molecule has 11 nitrogen and oxygen atoms in total. The van der Waals surface area contributed by atoms with Crippen molar-refractivity contribution in [2.24, 2.45) is 11.7 Å². The molecule has 0 saturated carbocycles. The van der Waals surface area contributed by atoms with Gasteiger partial charge in [-0.25, -0.2) is 4.79 Å². The maximum Gasteiger partial charge on any atom is 0.326 e. The van der Waals surface area contributed by atoms with Crippen LogP contribution in [0.3, 0.4) is 0 Å². The van der Waals surface area contributed by atoms with Gasteiger partial charge in [0.15, 0.2) is 0 Å². The number of carbonyl (C=O) groups is 4. The summed E-state index contributed by atoms with van der Waals surface area (Å²) in [4.78, 5) is 58.1. The molecule has 2 aromatic heterocycles. The zero-order valence-electron chi connectivity index (χ0n) is 23.9. The third kappa shape index (κ3) is 7.35. The fourth-order valence-electron chi connectivity index (χ4n) is 5.00. The Labute approximate surface area is 243 Å². The van der Waals surface area contributed by atoms with E-state index in [9.17, 15) is 24.3 Å². The van der Waals surface area contributed by atoms with Gasteiger partial charge in [0.25, 0.3) is 0 Å². The summed E-state index contributed by atoms with van der Waals surface area (Å²) in [6, 6.07) is 10.9. The van der Waals surface area contributed by atoms with E-state index in [1.165, 1.54) is 6.92 Å². The second-order valence-electron chi connectivity index (χ2n) is 11.1. The Hall–Kier alpha value is -4.64. The van der Waals surface area contributed by atoms with Crippen molar-refractivity contribution in [1.82, 2.24) is 25.9 Å². The molecule has 0 aliphatic rings. The van der Waals surface area contributed by atoms with Crippen LogP contribution in [0.5, 0.6) is 0 Å². The minimum absolute atomic E-state index is 0.0409. The van der Waals surface area contributed by atoms with E-state index in [4.69, 9.17) is 5.73 Å². The predicted molar refractivity (Wildman–Crippen MR) is 161 cm³/mol. The van der Waals surface area contributed by atoms with Crippen LogP contribution in [0.25, 0.3) is 21.8 Å². The molecule has 4 aromatic rings. The van der Waals surface area contributed by atoms with Gasteiger partial charge in [0, 0.05) is 47.0 Å². The number of aliphatic carboxylic acids is 1. The highest BCUT2D eigenvalue weighted by atomic mass is 16.4. The number of hydrogen-bond donors (Lipinski definition) is 7. The van der Waals surface area contributed by atoms with Gasteiger partial charge >= 0.3 is 5.97 Å². The normalized spacial score (nSPS) is 14.3. The number of H-pyrrole nitrogens is 2. The van der Waals surface area contributed by atoms with Gasteiger partial charge in [-0.1, -0.05) is 50.2 Å². The van der Waals surface area contributed by atoms with Crippen LogP contribution in [-0.2, 0) is 32.0 Å². The number of aromatic nitrogens is 2. The highest BCUT2D eigenvalue weighted by molar-refractivity contribution is 5.95. The van der Waals surface area contributed by atoms with Crippen LogP contribution in [0, 0.1) is 5.92 Å². The van der Waals surface area contributed by atoms with E-state index in [1.54, 1.807) is 12.4 Å². The lowest BCUT2D eigenvalue weighted by Crippen LogP contribution is -2.57. The smallest absolute Gasteiger partial charge is 0.326 e. The highest BCUT2D eigenvalue weighted by Gasteiger charge is 2.31. The lowest BCUT2D eigenvalue weighted by atomic mass is 10.00. The number of fused-ring (bicyclic) bond motifs is 2. The summed E-state index contributed by atoms with van der Waals surface area (Å²) in [5.41, 5.74) is 8.95. The van der Waals surface area contributed by atoms with Crippen LogP contribution in [0.2, 0.25) is 0 Å². The van der Waals surface area contributed by atoms with Crippen molar-refractivity contribution < 1.29 is 24.3 Å². The molecule has 4 rings (SSSR count). The second kappa shape index (κ2) is 13.3. The third-order valence-electron chi connectivity index (χ3n) is 7.20. The second-order valence-corrected chi connectivity index (χ2v) is 11.1. The first-order valence-corrected chi connectivity index (χ1v) is 14.0. The molecule has 8 N–H and O–H groups in total. The van der Waals surface area contributed by atoms with Gasteiger partial charge in [-0.2, -0.15) is 0 Å². The first-order valence-electron chi connectivity index (χ1n) is 14.0. The molecule has 2 aromatic carbocycles. The van der Waals surface area contributed by atoms with E-state index < -0.39 is 47.9 Å². The standard InChI is InChI=1S/C31H38N6O5/c1-17(2)12-25(35-28(38)18(3)32)29(39)36-26(13-19-15-33-23-10-6-4-8-21(19)23)30(40)37-27(31(41)42)14-20-16-34-24-11-7-5-9-22(20)24/h4-11,15-18,25-27,33-34H,12-14,32H2,1-3H3,(H,35,38)(H,36,39)(H,37,40)(H,41,42). The van der Waals surface area contributed by atoms with Crippen LogP contribution >= 0.6 is 0 Å². The Morgan fingerprint density at radius 1 is 0.714 bits per heavy atom. The van der Waals surface area contributed by atoms with E-state index in [0.29, 0.717) is 6.42 Å². The minimum atomic E-state index is -1.25. The first kappa shape index (κ1) is 30.3. The van der Waals surface area contributed by atoms with Crippen molar-refractivity contribution in [2.75, 3.05) is 0 Å². The molecular formula is C31H38N6O5. The average molecular weight is 575 g/mol. The molecule has 0 radical (unpaired) electrons. The van der Waals surface area contributed by atoms with E-state index in [0.717, 1.165) is 32.9 Å². The number of carboxylic acid groups (broad SMARTS) is 1. The van der Waals surface area contributed by atoms with Crippen molar-refractivity contribution >= 4 is 45.5 Å². The van der Waals surface area contributed by atoms with E-state index >= 15 is 0 Å². The monoisotopic (exact) mass is 574 g/mol. The van der Waals surface area contributed by atoms with Gasteiger partial charge < -0.3 is 36.8 Å². The average Bonchev–Trinajstić information content (AvgIpc) is 3.55. The maximum atomic E-state index is 13.7. The summed E-state index contributed by atoms with van der Waals surface area (Å²) in [5, 5.41) is 19.9. The van der Waals surface area contributed by atoms with E-state index in [1.807, 2.05) is 62.4 Å². The maximum absolute atomic E-state index is 13.7. The Kier molecular flexibility index (Phi) is 9.64. The Bertz CT molecular complexity index is 1570. The highest BCUT2D eigenvalue weighted by Crippen LogP contribution is 2.21. The van der Waals surface area contributed by atoms with E-state index in [-0.39, 0.29) is 18.8 Å². The number of nitrogens with two attached hydrogens (primary N) is 1. The molecule has 4 unspecified atom stereocenters. The number of benzene rings is 2. The molecule has 2 heterocycles. The summed E-state index contributed by atoms with van der Waals surface area (Å²) in [5.74, 6) is -2.84. The largest absolute Gasteiger partial charge is 0.480 e. The lowest BCUT2D eigenvalue weighted by Gasteiger charge is -2.26. The molecule has 0 spiro atoms. The van der Waals surface area contributed by atoms with Crippen LogP contribution < -0.4 is 21.7 Å². The van der Waals surface area contributed by atoms with Crippen molar-refractivity contribution in [3.63, 3.8) is 0 Å². The molecule has 4 atom stereocenters. The van der Waals surface area contributed by atoms with Gasteiger partial charge in [-0.3, -0.25) is 14.4 Å². The predicted octanol–water partition coefficient (Wildman–Crippen LogP) is 2.37. The van der Waals surface area contributed by atoms with Crippen LogP contribution in [0.15, 0.2) is 60.9 Å². The summed E-state index contributed by atoms with van der Waals surface area (Å²) < 4.78 is 0. The molecule has 0 aliphatic carbocycles. The summed E-state index contributed by atoms with van der Waals surface area (Å²) >= 11 is 0. The van der Waals surface area contributed by atoms with Gasteiger partial charge in [0.05, 0.1) is 6.04 Å². The molecule has 0 fully saturated rings. The summed E-state index contributed by atoms with van der Waals surface area (Å²) in [7, 11) is 0. The number of rotatable bonds is 13. The first-order chi connectivity index (χ1) is 20.0. The molecule has 0 aliphatic heterocycles. The summed E-state index contributed by atoms with van der Waals surface area (Å²) in [6.07, 6.45) is 3.96. The molecule has 0 bridgehead atoms. The van der Waals surface area contributed by atoms with Crippen molar-refractivity contribution in [3.05, 3.63) is 72.1 Å². The SMILES string of the molecule is CC(C)CC(NC(=O)C(C)N)C(=O)NC(Cc1c[nH]c2ccccc12)C(=O)NC(Cc1c[nH]c2ccccc12)C(=O)O. The molecule has 42 heavy (non-hydrogen) atoms. The lowest BCUT2D eigenvalue weighted by molar-refractivity contribution is -0.142. The molecular weight excluding hydrogens is 536 g/mol. The molecule has 0 saturated heterocycles. The molecule has 11 heteroatoms. The van der Waals surface area contributed by atoms with Crippen LogP contribution in [0.4, 0.5) is 0 Å². The van der Waals surface area contributed by atoms with E-state index in [2.05, 4.69) is 25.9 Å². The zero-order chi connectivity index (χ0) is 30.4. The van der Waals surface area contributed by atoms with Crippen LogP contribution in [-0.4, -0.2) is 62.9 Å². The van der Waals surface area contributed by atoms with Crippen molar-refractivity contribution in [1.29, 1.82) is 0 Å². The van der Waals surface area contributed by atoms with Crippen molar-refractivity contribution in [3.8, 4) is 0 Å². The summed E-state index contributed by atoms with van der Waals surface area (Å²) in [6.45, 7) is 5.35. The fourth-order valence-corrected chi connectivity index (χ4v) is 5.00. The number of para-hydroxylation sites is 2. The number of aromatic amines is 2. The third-order valence-corrected chi connectivity index (χ3v) is 7.20. The molecule has 222 valence electrons. The zero-order valence-corrected chi connectivity index (χ0v) is 23.9. The number of carbonyl (C=O) groups excluding carboxylic acids is 3. The Morgan fingerprint density at radius 3 is 1.67 bits per heavy atom. The Morgan fingerprint density at radius 2 is 1.17 bits per heavy atom. The van der Waals surface area contributed by atoms with Gasteiger partial charge in [-0.15, -0.1) is 0 Å². The quantitative estimate of drug-likeness (QED) is 0.129. The van der Waals surface area contributed by atoms with Gasteiger partial charge in [0.2, 0.25) is 17.7 Å². The number of nitrogens with one attached hydrogen (secondary N) is 5.